The fourth-order valence-corrected chi connectivity index (χ4v) is 3.04. The fourth-order valence-electron chi connectivity index (χ4n) is 1.55. The van der Waals surface area contributed by atoms with E-state index in [0.717, 1.165) is 6.07 Å². The first-order valence-corrected chi connectivity index (χ1v) is 6.76. The molecular weight excluding hydrogens is 260 g/mol. The van der Waals surface area contributed by atoms with Crippen molar-refractivity contribution in [3.63, 3.8) is 0 Å². The molecule has 98 valence electrons. The summed E-state index contributed by atoms with van der Waals surface area (Å²) in [7, 11) is -3.84. The van der Waals surface area contributed by atoms with Gasteiger partial charge < -0.3 is 5.11 Å². The summed E-state index contributed by atoms with van der Waals surface area (Å²) in [5.74, 6) is 0. The monoisotopic (exact) mass is 272 g/mol. The summed E-state index contributed by atoms with van der Waals surface area (Å²) in [6, 6.07) is 4.81. The average Bonchev–Trinajstić information content (AvgIpc) is 3.09. The second-order valence-corrected chi connectivity index (χ2v) is 5.98. The van der Waals surface area contributed by atoms with Gasteiger partial charge in [-0.1, -0.05) is 6.07 Å². The Morgan fingerprint density at radius 1 is 1.44 bits per heavy atom. The Balaban J connectivity index is 2.30. The van der Waals surface area contributed by atoms with Crippen LogP contribution in [0.2, 0.25) is 0 Å². The highest BCUT2D eigenvalue weighted by Gasteiger charge is 2.45. The molecule has 2 N–H and O–H groups in total. The van der Waals surface area contributed by atoms with Crippen LogP contribution in [-0.2, 0) is 10.0 Å². The highest BCUT2D eigenvalue weighted by Crippen LogP contribution is 2.36. The molecule has 2 rings (SSSR count). The van der Waals surface area contributed by atoms with E-state index in [1.807, 2.05) is 0 Å². The van der Waals surface area contributed by atoms with Crippen LogP contribution in [0.15, 0.2) is 29.2 Å². The van der Waals surface area contributed by atoms with Crippen LogP contribution >= 0.6 is 0 Å². The summed E-state index contributed by atoms with van der Waals surface area (Å²) < 4.78 is 26.3. The molecule has 0 heterocycles. The van der Waals surface area contributed by atoms with Crippen molar-refractivity contribution in [3.05, 3.63) is 34.4 Å². The third-order valence-electron chi connectivity index (χ3n) is 2.85. The molecule has 0 spiro atoms. The quantitative estimate of drug-likeness (QED) is 0.595. The van der Waals surface area contributed by atoms with E-state index in [-0.39, 0.29) is 17.2 Å². The number of hydrogen-bond donors (Lipinski definition) is 2. The smallest absolute Gasteiger partial charge is 0.270 e. The van der Waals surface area contributed by atoms with E-state index < -0.39 is 20.5 Å². The predicted molar refractivity (Wildman–Crippen MR) is 62.5 cm³/mol. The average molecular weight is 272 g/mol. The van der Waals surface area contributed by atoms with Gasteiger partial charge in [0.2, 0.25) is 10.0 Å². The lowest BCUT2D eigenvalue weighted by Crippen LogP contribution is -2.39. The van der Waals surface area contributed by atoms with Crippen LogP contribution in [0.3, 0.4) is 0 Å². The Bertz CT molecular complexity index is 580. The number of nitrogens with one attached hydrogen (secondary N) is 1. The zero-order valence-corrected chi connectivity index (χ0v) is 10.2. The Labute approximate surface area is 104 Å². The van der Waals surface area contributed by atoms with Gasteiger partial charge in [0.05, 0.1) is 22.0 Å². The number of rotatable bonds is 5. The van der Waals surface area contributed by atoms with Gasteiger partial charge >= 0.3 is 0 Å². The summed E-state index contributed by atoms with van der Waals surface area (Å²) in [5, 5.41) is 19.7. The van der Waals surface area contributed by atoms with Crippen molar-refractivity contribution in [2.45, 2.75) is 23.3 Å². The van der Waals surface area contributed by atoms with E-state index in [2.05, 4.69) is 4.72 Å². The van der Waals surface area contributed by atoms with Gasteiger partial charge in [0.1, 0.15) is 0 Å². The topological polar surface area (TPSA) is 110 Å². The van der Waals surface area contributed by atoms with Crippen molar-refractivity contribution in [3.8, 4) is 0 Å². The number of non-ortho nitro benzene ring substituents is 1. The minimum Gasteiger partial charge on any atom is -0.394 e. The number of sulfonamides is 1. The van der Waals surface area contributed by atoms with Crippen LogP contribution in [0.5, 0.6) is 0 Å². The lowest BCUT2D eigenvalue weighted by atomic mass is 10.3. The SMILES string of the molecule is O=[N+]([O-])c1cccc(S(=O)(=O)NC2(CO)CC2)c1. The molecule has 0 aromatic heterocycles. The van der Waals surface area contributed by atoms with Crippen molar-refractivity contribution in [2.24, 2.45) is 0 Å². The summed E-state index contributed by atoms with van der Waals surface area (Å²) in [5.41, 5.74) is -1.07. The maximum atomic E-state index is 12.0. The number of aliphatic hydroxyl groups excluding tert-OH is 1. The number of nitrogens with zero attached hydrogens (tertiary/aromatic N) is 1. The molecule has 0 amide bonds. The highest BCUT2D eigenvalue weighted by atomic mass is 32.2. The lowest BCUT2D eigenvalue weighted by Gasteiger charge is -2.14. The molecule has 1 aliphatic rings. The first-order chi connectivity index (χ1) is 8.38. The lowest BCUT2D eigenvalue weighted by molar-refractivity contribution is -0.385. The summed E-state index contributed by atoms with van der Waals surface area (Å²) in [4.78, 5) is 9.76. The first kappa shape index (κ1) is 12.9. The van der Waals surface area contributed by atoms with Gasteiger partial charge in [-0.25, -0.2) is 13.1 Å². The molecule has 1 fully saturated rings. The van der Waals surface area contributed by atoms with Crippen molar-refractivity contribution >= 4 is 15.7 Å². The largest absolute Gasteiger partial charge is 0.394 e. The zero-order chi connectivity index (χ0) is 13.4. The van der Waals surface area contributed by atoms with Gasteiger partial charge in [0, 0.05) is 12.1 Å². The number of nitro benzene ring substituents is 1. The van der Waals surface area contributed by atoms with Crippen molar-refractivity contribution in [1.82, 2.24) is 4.72 Å². The second kappa shape index (κ2) is 4.30. The summed E-state index contributed by atoms with van der Waals surface area (Å²) in [6.45, 7) is -0.277. The van der Waals surface area contributed by atoms with Gasteiger partial charge in [-0.15, -0.1) is 0 Å². The van der Waals surface area contributed by atoms with E-state index in [9.17, 15) is 18.5 Å². The van der Waals surface area contributed by atoms with E-state index >= 15 is 0 Å². The molecule has 7 nitrogen and oxygen atoms in total. The van der Waals surface area contributed by atoms with Crippen molar-refractivity contribution in [1.29, 1.82) is 0 Å². The third-order valence-corrected chi connectivity index (χ3v) is 4.42. The maximum Gasteiger partial charge on any atom is 0.270 e. The third kappa shape index (κ3) is 2.50. The van der Waals surface area contributed by atoms with Crippen LogP contribution in [0.4, 0.5) is 5.69 Å². The molecular formula is C10H12N2O5S. The van der Waals surface area contributed by atoms with E-state index in [1.165, 1.54) is 18.2 Å². The van der Waals surface area contributed by atoms with Gasteiger partial charge in [0.15, 0.2) is 0 Å². The molecule has 1 aromatic carbocycles. The molecule has 0 bridgehead atoms. The number of benzene rings is 1. The van der Waals surface area contributed by atoms with Gasteiger partial charge in [-0.3, -0.25) is 10.1 Å². The Morgan fingerprint density at radius 3 is 2.61 bits per heavy atom. The van der Waals surface area contributed by atoms with Crippen LogP contribution in [0.25, 0.3) is 0 Å². The second-order valence-electron chi connectivity index (χ2n) is 4.30. The normalized spacial score (nSPS) is 17.4. The van der Waals surface area contributed by atoms with Crippen molar-refractivity contribution < 1.29 is 18.4 Å². The Kier molecular flexibility index (Phi) is 3.09. The summed E-state index contributed by atoms with van der Waals surface area (Å²) >= 11 is 0. The zero-order valence-electron chi connectivity index (χ0n) is 9.37. The Morgan fingerprint density at radius 2 is 2.11 bits per heavy atom. The molecule has 1 aliphatic carbocycles. The Hall–Kier alpha value is -1.51. The number of hydrogen-bond acceptors (Lipinski definition) is 5. The van der Waals surface area contributed by atoms with E-state index in [1.54, 1.807) is 0 Å². The molecule has 0 radical (unpaired) electrons. The molecule has 0 aliphatic heterocycles. The number of aliphatic hydroxyl groups is 1. The standard InChI is InChI=1S/C10H12N2O5S/c13-7-10(4-5-10)11-18(16,17)9-3-1-2-8(6-9)12(14)15/h1-3,6,11,13H,4-5,7H2. The van der Waals surface area contributed by atoms with Crippen molar-refractivity contribution in [2.75, 3.05) is 6.61 Å². The minimum absolute atomic E-state index is 0.170. The molecule has 0 unspecified atom stereocenters. The molecule has 1 saturated carbocycles. The highest BCUT2D eigenvalue weighted by molar-refractivity contribution is 7.89. The summed E-state index contributed by atoms with van der Waals surface area (Å²) in [6.07, 6.45) is 1.13. The molecule has 0 saturated heterocycles. The molecule has 18 heavy (non-hydrogen) atoms. The minimum atomic E-state index is -3.84. The molecule has 8 heteroatoms. The van der Waals surface area contributed by atoms with E-state index in [0.29, 0.717) is 12.8 Å². The van der Waals surface area contributed by atoms with Crippen LogP contribution in [0, 0.1) is 10.1 Å². The first-order valence-electron chi connectivity index (χ1n) is 5.28. The van der Waals surface area contributed by atoms with Gasteiger partial charge in [-0.2, -0.15) is 0 Å². The predicted octanol–water partition coefficient (Wildman–Crippen LogP) is 0.398. The fraction of sp³-hybridized carbons (Fsp3) is 0.400. The molecule has 1 aromatic rings. The number of nitro groups is 1. The van der Waals surface area contributed by atoms with Crippen LogP contribution < -0.4 is 4.72 Å². The van der Waals surface area contributed by atoms with E-state index in [4.69, 9.17) is 5.11 Å². The van der Waals surface area contributed by atoms with Crippen LogP contribution in [-0.4, -0.2) is 30.6 Å². The molecule has 0 atom stereocenters. The maximum absolute atomic E-state index is 12.0. The van der Waals surface area contributed by atoms with Gasteiger partial charge in [0.25, 0.3) is 5.69 Å². The van der Waals surface area contributed by atoms with Crippen LogP contribution in [0.1, 0.15) is 12.8 Å². The van der Waals surface area contributed by atoms with Gasteiger partial charge in [-0.05, 0) is 18.9 Å².